The number of rotatable bonds is 2. The van der Waals surface area contributed by atoms with Crippen molar-refractivity contribution in [3.05, 3.63) is 0 Å². The van der Waals surface area contributed by atoms with E-state index in [2.05, 4.69) is 36.6 Å². The van der Waals surface area contributed by atoms with Gasteiger partial charge in [0.1, 0.15) is 4.83 Å². The summed E-state index contributed by atoms with van der Waals surface area (Å²) in [6.45, 7) is 1.87. The third-order valence-corrected chi connectivity index (χ3v) is 3.23. The normalized spacial score (nSPS) is 16.4. The van der Waals surface area contributed by atoms with Crippen molar-refractivity contribution in [1.29, 1.82) is 0 Å². The molecule has 0 rings (SSSR count). The molecule has 0 fully saturated rings. The van der Waals surface area contributed by atoms with Crippen LogP contribution < -0.4 is 0 Å². The molecule has 0 aliphatic heterocycles. The molecule has 0 aliphatic rings. The quantitative estimate of drug-likeness (QED) is 0.558. The van der Waals surface area contributed by atoms with E-state index in [1.54, 1.807) is 0 Å². The highest BCUT2D eigenvalue weighted by Crippen LogP contribution is 2.14. The highest BCUT2D eigenvalue weighted by molar-refractivity contribution is 9.12. The molecule has 2 atom stereocenters. The molecule has 0 aromatic carbocycles. The van der Waals surface area contributed by atoms with Gasteiger partial charge < -0.3 is 4.74 Å². The summed E-state index contributed by atoms with van der Waals surface area (Å²) in [7, 11) is 1.37. The molecule has 0 bridgehead atoms. The molecule has 9 heavy (non-hydrogen) atoms. The molecule has 0 amide bonds. The van der Waals surface area contributed by atoms with Crippen LogP contribution >= 0.6 is 31.9 Å². The fourth-order valence-corrected chi connectivity index (χ4v) is 0.703. The summed E-state index contributed by atoms with van der Waals surface area (Å²) in [6, 6.07) is 0. The number of carbonyl (C=O) groups is 1. The summed E-state index contributed by atoms with van der Waals surface area (Å²) in [5, 5.41) is 0. The third kappa shape index (κ3) is 3.20. The van der Waals surface area contributed by atoms with Crippen molar-refractivity contribution in [1.82, 2.24) is 0 Å². The number of halogens is 2. The maximum atomic E-state index is 10.7. The Hall–Kier alpha value is 0.430. The first-order valence-corrected chi connectivity index (χ1v) is 4.28. The molecule has 2 nitrogen and oxygen atoms in total. The van der Waals surface area contributed by atoms with E-state index in [0.29, 0.717) is 0 Å². The van der Waals surface area contributed by atoms with Gasteiger partial charge in [-0.2, -0.15) is 0 Å². The van der Waals surface area contributed by atoms with Crippen LogP contribution in [0, 0.1) is 0 Å². The molecule has 0 aromatic heterocycles. The van der Waals surface area contributed by atoms with Crippen molar-refractivity contribution in [3.63, 3.8) is 0 Å². The molecule has 0 N–H and O–H groups in total. The third-order valence-electron chi connectivity index (χ3n) is 0.830. The van der Waals surface area contributed by atoms with Crippen LogP contribution in [0.2, 0.25) is 0 Å². The minimum absolute atomic E-state index is 0.102. The van der Waals surface area contributed by atoms with E-state index in [0.717, 1.165) is 0 Å². The van der Waals surface area contributed by atoms with Gasteiger partial charge in [0.05, 0.1) is 7.11 Å². The molecule has 0 heterocycles. The topological polar surface area (TPSA) is 26.3 Å². The summed E-state index contributed by atoms with van der Waals surface area (Å²) >= 11 is 6.38. The molecule has 0 saturated carbocycles. The van der Waals surface area contributed by atoms with E-state index in [1.807, 2.05) is 6.92 Å². The number of ether oxygens (including phenoxy) is 1. The van der Waals surface area contributed by atoms with E-state index in [9.17, 15) is 4.79 Å². The zero-order chi connectivity index (χ0) is 7.44. The van der Waals surface area contributed by atoms with Gasteiger partial charge in [-0.1, -0.05) is 38.8 Å². The fourth-order valence-electron chi connectivity index (χ4n) is 0.300. The number of esters is 1. The predicted octanol–water partition coefficient (Wildman–Crippen LogP) is 1.71. The second-order valence-electron chi connectivity index (χ2n) is 1.60. The first kappa shape index (κ1) is 9.43. The molecule has 0 aromatic rings. The van der Waals surface area contributed by atoms with Gasteiger partial charge >= 0.3 is 5.97 Å². The standard InChI is InChI=1S/C5H8Br2O2/c1-3(6)4(7)5(8)9-2/h3-4H,1-2H3/t3-,4-/m1/s1. The van der Waals surface area contributed by atoms with Crippen LogP contribution in [0.5, 0.6) is 0 Å². The molecule has 0 aliphatic carbocycles. The SMILES string of the molecule is COC(=O)[C@H](Br)[C@@H](C)Br. The summed E-state index contributed by atoms with van der Waals surface area (Å²) in [4.78, 5) is 10.5. The Bertz CT molecular complexity index is 103. The summed E-state index contributed by atoms with van der Waals surface area (Å²) < 4.78 is 4.46. The molecular weight excluding hydrogens is 252 g/mol. The van der Waals surface area contributed by atoms with Gasteiger partial charge in [0.15, 0.2) is 0 Å². The average Bonchev–Trinajstić information content (AvgIpc) is 1.84. The van der Waals surface area contributed by atoms with E-state index in [1.165, 1.54) is 7.11 Å². The van der Waals surface area contributed by atoms with E-state index in [4.69, 9.17) is 0 Å². The Kier molecular flexibility index (Phi) is 4.48. The predicted molar refractivity (Wildman–Crippen MR) is 43.1 cm³/mol. The van der Waals surface area contributed by atoms with Crippen LogP contribution in [0.4, 0.5) is 0 Å². The van der Waals surface area contributed by atoms with E-state index < -0.39 is 0 Å². The largest absolute Gasteiger partial charge is 0.468 e. The Labute approximate surface area is 71.2 Å². The molecule has 0 radical (unpaired) electrons. The number of hydrogen-bond acceptors (Lipinski definition) is 2. The number of hydrogen-bond donors (Lipinski definition) is 0. The second-order valence-corrected chi connectivity index (χ2v) is 4.03. The second kappa shape index (κ2) is 4.28. The van der Waals surface area contributed by atoms with Crippen molar-refractivity contribution >= 4 is 37.8 Å². The van der Waals surface area contributed by atoms with Crippen LogP contribution in [0.25, 0.3) is 0 Å². The minimum atomic E-state index is -0.251. The van der Waals surface area contributed by atoms with Crippen molar-refractivity contribution in [2.45, 2.75) is 16.6 Å². The fraction of sp³-hybridized carbons (Fsp3) is 0.800. The first-order valence-electron chi connectivity index (χ1n) is 2.45. The van der Waals surface area contributed by atoms with E-state index >= 15 is 0 Å². The van der Waals surface area contributed by atoms with Gasteiger partial charge in [-0.15, -0.1) is 0 Å². The number of methoxy groups -OCH3 is 1. The van der Waals surface area contributed by atoms with Gasteiger partial charge in [-0.05, 0) is 0 Å². The molecule has 4 heteroatoms. The lowest BCUT2D eigenvalue weighted by Crippen LogP contribution is -2.22. The highest BCUT2D eigenvalue weighted by atomic mass is 79.9. The van der Waals surface area contributed by atoms with Crippen molar-refractivity contribution in [2.24, 2.45) is 0 Å². The summed E-state index contributed by atoms with van der Waals surface area (Å²) in [5.41, 5.74) is 0. The van der Waals surface area contributed by atoms with Crippen LogP contribution in [-0.2, 0) is 9.53 Å². The van der Waals surface area contributed by atoms with E-state index in [-0.39, 0.29) is 15.6 Å². The lowest BCUT2D eigenvalue weighted by Gasteiger charge is -2.07. The van der Waals surface area contributed by atoms with Crippen LogP contribution in [0.1, 0.15) is 6.92 Å². The van der Waals surface area contributed by atoms with Gasteiger partial charge in [-0.3, -0.25) is 4.79 Å². The van der Waals surface area contributed by atoms with Crippen LogP contribution in [-0.4, -0.2) is 22.7 Å². The Balaban J connectivity index is 3.72. The highest BCUT2D eigenvalue weighted by Gasteiger charge is 2.19. The van der Waals surface area contributed by atoms with Crippen molar-refractivity contribution in [2.75, 3.05) is 7.11 Å². The van der Waals surface area contributed by atoms with Crippen molar-refractivity contribution in [3.8, 4) is 0 Å². The first-order chi connectivity index (χ1) is 4.09. The maximum Gasteiger partial charge on any atom is 0.320 e. The molecule has 0 unspecified atom stereocenters. The summed E-state index contributed by atoms with van der Waals surface area (Å²) in [5.74, 6) is -0.251. The lowest BCUT2D eigenvalue weighted by atomic mass is 10.3. The van der Waals surface area contributed by atoms with Crippen LogP contribution in [0.15, 0.2) is 0 Å². The zero-order valence-corrected chi connectivity index (χ0v) is 8.40. The monoisotopic (exact) mass is 258 g/mol. The molecule has 54 valence electrons. The van der Waals surface area contributed by atoms with Gasteiger partial charge in [0, 0.05) is 4.83 Å². The molecular formula is C5H8Br2O2. The van der Waals surface area contributed by atoms with Gasteiger partial charge in [0.2, 0.25) is 0 Å². The average molecular weight is 260 g/mol. The van der Waals surface area contributed by atoms with Gasteiger partial charge in [-0.25, -0.2) is 0 Å². The Morgan fingerprint density at radius 2 is 2.00 bits per heavy atom. The van der Waals surface area contributed by atoms with Crippen LogP contribution in [0.3, 0.4) is 0 Å². The Morgan fingerprint density at radius 3 is 2.11 bits per heavy atom. The van der Waals surface area contributed by atoms with Gasteiger partial charge in [0.25, 0.3) is 0 Å². The van der Waals surface area contributed by atoms with Crippen molar-refractivity contribution < 1.29 is 9.53 Å². The number of alkyl halides is 2. The number of carbonyl (C=O) groups excluding carboxylic acids is 1. The summed E-state index contributed by atoms with van der Waals surface area (Å²) in [6.07, 6.45) is 0. The Morgan fingerprint density at radius 1 is 1.56 bits per heavy atom. The maximum absolute atomic E-state index is 10.7. The minimum Gasteiger partial charge on any atom is -0.468 e. The molecule has 0 saturated heterocycles. The molecule has 0 spiro atoms. The lowest BCUT2D eigenvalue weighted by molar-refractivity contribution is -0.139. The smallest absolute Gasteiger partial charge is 0.320 e. The zero-order valence-electron chi connectivity index (χ0n) is 5.23.